The van der Waals surface area contributed by atoms with Gasteiger partial charge in [-0.05, 0) is 29.7 Å². The molecule has 0 spiro atoms. The van der Waals surface area contributed by atoms with Gasteiger partial charge in [-0.3, -0.25) is 0 Å². The van der Waals surface area contributed by atoms with E-state index in [1.54, 1.807) is 18.5 Å². The first-order valence-electron chi connectivity index (χ1n) is 5.31. The van der Waals surface area contributed by atoms with E-state index >= 15 is 0 Å². The molecule has 0 aliphatic rings. The third-order valence-electron chi connectivity index (χ3n) is 1.98. The van der Waals surface area contributed by atoms with Crippen LogP contribution in [0.2, 0.25) is 0 Å². The zero-order chi connectivity index (χ0) is 12.6. The van der Waals surface area contributed by atoms with E-state index in [0.29, 0.717) is 10.1 Å². The molecule has 0 saturated heterocycles. The van der Waals surface area contributed by atoms with Crippen LogP contribution in [0, 0.1) is 0 Å². The fraction of sp³-hybridized carbons (Fsp3) is 0. The Bertz CT molecular complexity index is 526. The van der Waals surface area contributed by atoms with Crippen LogP contribution >= 0.6 is 24.0 Å². The van der Waals surface area contributed by atoms with Gasteiger partial charge in [0.25, 0.3) is 0 Å². The van der Waals surface area contributed by atoms with Crippen LogP contribution in [0.15, 0.2) is 65.4 Å². The second kappa shape index (κ2) is 6.88. The Balaban J connectivity index is 1.85. The molecule has 0 unspecified atom stereocenters. The van der Waals surface area contributed by atoms with Crippen LogP contribution in [0.4, 0.5) is 5.69 Å². The summed E-state index contributed by atoms with van der Waals surface area (Å²) in [5.41, 5.74) is 0.980. The molecule has 1 heterocycles. The third kappa shape index (κ3) is 4.27. The second-order valence-electron chi connectivity index (χ2n) is 3.31. The van der Waals surface area contributed by atoms with Gasteiger partial charge < -0.3 is 5.32 Å². The van der Waals surface area contributed by atoms with Crippen LogP contribution in [0.1, 0.15) is 0 Å². The first-order valence-corrected chi connectivity index (χ1v) is 6.59. The minimum absolute atomic E-state index is 0.657. The molecular formula is C13H11N3S2. The predicted molar refractivity (Wildman–Crippen MR) is 79.7 cm³/mol. The lowest BCUT2D eigenvalue weighted by Crippen LogP contribution is -2.04. The Kier molecular flexibility index (Phi) is 4.87. The summed E-state index contributed by atoms with van der Waals surface area (Å²) < 4.78 is 0. The summed E-state index contributed by atoms with van der Waals surface area (Å²) in [5.74, 6) is 0. The number of thioether (sulfide) groups is 1. The molecule has 1 aromatic heterocycles. The van der Waals surface area contributed by atoms with Crippen molar-refractivity contribution >= 4 is 34.7 Å². The van der Waals surface area contributed by atoms with Crippen molar-refractivity contribution in [3.8, 4) is 0 Å². The Morgan fingerprint density at radius 2 is 1.83 bits per heavy atom. The summed E-state index contributed by atoms with van der Waals surface area (Å²) in [7, 11) is 0. The van der Waals surface area contributed by atoms with Gasteiger partial charge in [-0.15, -0.1) is 0 Å². The SMILES string of the molecule is S=C(C=CSc1ncccn1)Nc1ccccc1. The summed E-state index contributed by atoms with van der Waals surface area (Å²) in [6.07, 6.45) is 5.25. The van der Waals surface area contributed by atoms with Gasteiger partial charge in [-0.2, -0.15) is 0 Å². The molecule has 18 heavy (non-hydrogen) atoms. The molecule has 0 bridgehead atoms. The Morgan fingerprint density at radius 1 is 1.11 bits per heavy atom. The largest absolute Gasteiger partial charge is 0.347 e. The summed E-state index contributed by atoms with van der Waals surface area (Å²) in [6.45, 7) is 0. The lowest BCUT2D eigenvalue weighted by atomic mass is 10.3. The van der Waals surface area contributed by atoms with E-state index in [9.17, 15) is 0 Å². The summed E-state index contributed by atoms with van der Waals surface area (Å²) in [5, 5.41) is 5.69. The number of rotatable bonds is 4. The number of para-hydroxylation sites is 1. The quantitative estimate of drug-likeness (QED) is 0.399. The average Bonchev–Trinajstić information content (AvgIpc) is 2.41. The molecule has 0 saturated carbocycles. The lowest BCUT2D eigenvalue weighted by molar-refractivity contribution is 0.971. The molecular weight excluding hydrogens is 262 g/mol. The van der Waals surface area contributed by atoms with Crippen molar-refractivity contribution in [2.75, 3.05) is 5.32 Å². The van der Waals surface area contributed by atoms with Crippen molar-refractivity contribution < 1.29 is 0 Å². The molecule has 5 heteroatoms. The number of hydrogen-bond acceptors (Lipinski definition) is 4. The van der Waals surface area contributed by atoms with Crippen molar-refractivity contribution in [2.45, 2.75) is 5.16 Å². The minimum Gasteiger partial charge on any atom is -0.347 e. The highest BCUT2D eigenvalue weighted by atomic mass is 32.2. The van der Waals surface area contributed by atoms with Crippen LogP contribution in [0.5, 0.6) is 0 Å². The van der Waals surface area contributed by atoms with Crippen molar-refractivity contribution in [3.05, 3.63) is 60.3 Å². The second-order valence-corrected chi connectivity index (χ2v) is 4.62. The topological polar surface area (TPSA) is 37.8 Å². The summed E-state index contributed by atoms with van der Waals surface area (Å²) in [4.78, 5) is 8.85. The molecule has 0 amide bonds. The predicted octanol–water partition coefficient (Wildman–Crippen LogP) is 3.52. The molecule has 0 aliphatic heterocycles. The maximum Gasteiger partial charge on any atom is 0.191 e. The van der Waals surface area contributed by atoms with Crippen molar-refractivity contribution in [2.24, 2.45) is 0 Å². The maximum absolute atomic E-state index is 5.20. The fourth-order valence-electron chi connectivity index (χ4n) is 1.21. The Morgan fingerprint density at radius 3 is 2.56 bits per heavy atom. The van der Waals surface area contributed by atoms with Gasteiger partial charge in [0.15, 0.2) is 5.16 Å². The number of anilines is 1. The molecule has 90 valence electrons. The van der Waals surface area contributed by atoms with E-state index in [-0.39, 0.29) is 0 Å². The van der Waals surface area contributed by atoms with Crippen LogP contribution in [-0.4, -0.2) is 15.0 Å². The van der Waals surface area contributed by atoms with Crippen LogP contribution in [0.3, 0.4) is 0 Å². The van der Waals surface area contributed by atoms with E-state index < -0.39 is 0 Å². The highest BCUT2D eigenvalue weighted by molar-refractivity contribution is 8.02. The number of nitrogens with zero attached hydrogens (tertiary/aromatic N) is 2. The molecule has 2 rings (SSSR count). The standard InChI is InChI=1S/C13H11N3S2/c17-12(16-11-5-2-1-3-6-11)7-10-18-13-14-8-4-9-15-13/h1-10H,(H,16,17). The highest BCUT2D eigenvalue weighted by Crippen LogP contribution is 2.12. The number of nitrogens with one attached hydrogen (secondary N) is 1. The van der Waals surface area contributed by atoms with Gasteiger partial charge in [-0.1, -0.05) is 42.2 Å². The van der Waals surface area contributed by atoms with Gasteiger partial charge >= 0.3 is 0 Å². The molecule has 0 aliphatic carbocycles. The maximum atomic E-state index is 5.20. The number of aromatic nitrogens is 2. The zero-order valence-electron chi connectivity index (χ0n) is 9.48. The molecule has 0 fully saturated rings. The van der Waals surface area contributed by atoms with E-state index in [4.69, 9.17) is 12.2 Å². The van der Waals surface area contributed by atoms with E-state index in [1.165, 1.54) is 11.8 Å². The van der Waals surface area contributed by atoms with Gasteiger partial charge in [0.05, 0.1) is 0 Å². The van der Waals surface area contributed by atoms with Gasteiger partial charge in [0.2, 0.25) is 0 Å². The third-order valence-corrected chi connectivity index (χ3v) is 2.91. The Hall–Kier alpha value is -1.72. The molecule has 2 aromatic rings. The highest BCUT2D eigenvalue weighted by Gasteiger charge is 1.94. The van der Waals surface area contributed by atoms with Gasteiger partial charge in [-0.25, -0.2) is 9.97 Å². The summed E-state index contributed by atoms with van der Waals surface area (Å²) in [6, 6.07) is 11.6. The van der Waals surface area contributed by atoms with E-state index in [1.807, 2.05) is 41.8 Å². The van der Waals surface area contributed by atoms with Crippen molar-refractivity contribution in [3.63, 3.8) is 0 Å². The molecule has 3 nitrogen and oxygen atoms in total. The van der Waals surface area contributed by atoms with Crippen LogP contribution < -0.4 is 5.32 Å². The first-order chi connectivity index (χ1) is 8.84. The van der Waals surface area contributed by atoms with Crippen molar-refractivity contribution in [1.29, 1.82) is 0 Å². The summed E-state index contributed by atoms with van der Waals surface area (Å²) >= 11 is 6.63. The molecule has 1 aromatic carbocycles. The van der Waals surface area contributed by atoms with Crippen LogP contribution in [0.25, 0.3) is 0 Å². The number of thiocarbonyl (C=S) groups is 1. The number of benzene rings is 1. The fourth-order valence-corrected chi connectivity index (χ4v) is 2.05. The van der Waals surface area contributed by atoms with Gasteiger partial charge in [0.1, 0.15) is 4.99 Å². The normalized spacial score (nSPS) is 10.4. The minimum atomic E-state index is 0.657. The first kappa shape index (κ1) is 12.7. The number of hydrogen-bond donors (Lipinski definition) is 1. The van der Waals surface area contributed by atoms with E-state index in [0.717, 1.165) is 5.69 Å². The zero-order valence-corrected chi connectivity index (χ0v) is 11.1. The Labute approximate surface area is 115 Å². The molecule has 0 atom stereocenters. The van der Waals surface area contributed by atoms with Gasteiger partial charge in [0, 0.05) is 18.1 Å². The average molecular weight is 273 g/mol. The smallest absolute Gasteiger partial charge is 0.191 e. The van der Waals surface area contributed by atoms with E-state index in [2.05, 4.69) is 15.3 Å². The molecule has 1 N–H and O–H groups in total. The lowest BCUT2D eigenvalue weighted by Gasteiger charge is -2.02. The molecule has 0 radical (unpaired) electrons. The van der Waals surface area contributed by atoms with Crippen molar-refractivity contribution in [1.82, 2.24) is 9.97 Å². The van der Waals surface area contributed by atoms with Crippen LogP contribution in [-0.2, 0) is 0 Å². The monoisotopic (exact) mass is 273 g/mol.